The first-order valence-corrected chi connectivity index (χ1v) is 21.7. The topological polar surface area (TPSA) is 88.1 Å². The van der Waals surface area contributed by atoms with Gasteiger partial charge in [0, 0.05) is 40.7 Å². The smallest absolute Gasteiger partial charge is 0.178 e. The number of fused-ring (bicyclic) bond motifs is 8. The number of hydrogen-bond donors (Lipinski definition) is 1. The molecule has 2 aliphatic heterocycles. The highest BCUT2D eigenvalue weighted by Gasteiger charge is 2.49. The van der Waals surface area contributed by atoms with Gasteiger partial charge < -0.3 is 43.2 Å². The molecule has 62 heavy (non-hydrogen) atoms. The number of aliphatic hydroxyl groups excluding tert-OH is 1. The predicted molar refractivity (Wildman–Crippen MR) is 245 cm³/mol. The summed E-state index contributed by atoms with van der Waals surface area (Å²) in [6.07, 6.45) is 7.09. The second-order valence-electron chi connectivity index (χ2n) is 16.0. The summed E-state index contributed by atoms with van der Waals surface area (Å²) in [5.41, 5.74) is 8.72. The molecule has 0 radical (unpaired) electrons. The average molecular weight is 834 g/mol. The van der Waals surface area contributed by atoms with Crippen LogP contribution in [0.3, 0.4) is 0 Å². The van der Waals surface area contributed by atoms with Crippen LogP contribution in [0.4, 0.5) is 5.69 Å². The van der Waals surface area contributed by atoms with Crippen LogP contribution in [0.1, 0.15) is 54.0 Å². The Morgan fingerprint density at radius 3 is 2.08 bits per heavy atom. The van der Waals surface area contributed by atoms with Crippen LogP contribution >= 0.6 is 0 Å². The summed E-state index contributed by atoms with van der Waals surface area (Å²) < 4.78 is 44.3. The lowest BCUT2D eigenvalue weighted by Crippen LogP contribution is -2.37. The molecule has 6 aromatic rings. The van der Waals surface area contributed by atoms with Crippen LogP contribution in [0.2, 0.25) is 0 Å². The van der Waals surface area contributed by atoms with Crippen molar-refractivity contribution in [2.24, 2.45) is 0 Å². The van der Waals surface area contributed by atoms with Crippen LogP contribution in [0.15, 0.2) is 115 Å². The van der Waals surface area contributed by atoms with E-state index in [-0.39, 0.29) is 13.2 Å². The molecule has 1 atom stereocenters. The fraction of sp³-hybridized carbons (Fsp3) is 0.321. The Labute approximate surface area is 364 Å². The lowest BCUT2D eigenvalue weighted by Gasteiger charge is -2.40. The molecule has 320 valence electrons. The third-order valence-electron chi connectivity index (χ3n) is 12.7. The van der Waals surface area contributed by atoms with Gasteiger partial charge in [0.2, 0.25) is 0 Å². The van der Waals surface area contributed by atoms with E-state index >= 15 is 0 Å². The van der Waals surface area contributed by atoms with E-state index in [9.17, 15) is 5.11 Å². The van der Waals surface area contributed by atoms with Crippen molar-refractivity contribution in [3.05, 3.63) is 143 Å². The SMILES string of the molecule is CCCCC1(OCCOCCO)c2cc(-c3ccccc3)ccc2-c2c1c1c(c3cc(OC)c(N4CCOCC4)cc23)OC(c2ccc(OC)cc2)(c2ccc(OC)cc2)C=C1. The zero-order valence-corrected chi connectivity index (χ0v) is 36.1. The number of hydrogen-bond acceptors (Lipinski definition) is 9. The predicted octanol–water partition coefficient (Wildman–Crippen LogP) is 10.2. The fourth-order valence-corrected chi connectivity index (χ4v) is 9.61. The molecule has 1 fully saturated rings. The van der Waals surface area contributed by atoms with Gasteiger partial charge in [-0.3, -0.25) is 0 Å². The van der Waals surface area contributed by atoms with Crippen LogP contribution in [0.5, 0.6) is 23.0 Å². The van der Waals surface area contributed by atoms with Gasteiger partial charge in [0.1, 0.15) is 28.6 Å². The van der Waals surface area contributed by atoms with Crippen LogP contribution in [0, 0.1) is 0 Å². The van der Waals surface area contributed by atoms with Gasteiger partial charge >= 0.3 is 0 Å². The minimum absolute atomic E-state index is 0.0478. The minimum Gasteiger partial charge on any atom is -0.497 e. The molecule has 1 aliphatic carbocycles. The van der Waals surface area contributed by atoms with E-state index in [0.717, 1.165) is 122 Å². The van der Waals surface area contributed by atoms with E-state index in [1.54, 1.807) is 21.3 Å². The summed E-state index contributed by atoms with van der Waals surface area (Å²) in [4.78, 5) is 2.36. The quantitative estimate of drug-likeness (QED) is 0.0958. The third kappa shape index (κ3) is 7.26. The molecule has 0 aromatic heterocycles. The molecule has 3 aliphatic rings. The lowest BCUT2D eigenvalue weighted by molar-refractivity contribution is -0.0533. The maximum absolute atomic E-state index is 9.57. The molecule has 9 heteroatoms. The first kappa shape index (κ1) is 41.5. The van der Waals surface area contributed by atoms with Crippen molar-refractivity contribution in [3.8, 4) is 45.3 Å². The second-order valence-corrected chi connectivity index (χ2v) is 16.0. The Kier molecular flexibility index (Phi) is 12.0. The van der Waals surface area contributed by atoms with Crippen molar-refractivity contribution in [2.75, 3.05) is 79.0 Å². The Balaban J connectivity index is 1.36. The molecular formula is C53H55NO8. The van der Waals surface area contributed by atoms with Gasteiger partial charge in [-0.15, -0.1) is 0 Å². The van der Waals surface area contributed by atoms with Crippen molar-refractivity contribution < 1.29 is 38.3 Å². The van der Waals surface area contributed by atoms with E-state index in [2.05, 4.69) is 109 Å². The van der Waals surface area contributed by atoms with Crippen LogP contribution in [0.25, 0.3) is 39.1 Å². The summed E-state index contributed by atoms with van der Waals surface area (Å²) in [5.74, 6) is 3.04. The largest absolute Gasteiger partial charge is 0.497 e. The number of morpholine rings is 1. The van der Waals surface area contributed by atoms with Gasteiger partial charge in [-0.1, -0.05) is 92.6 Å². The van der Waals surface area contributed by atoms with Gasteiger partial charge in [-0.05, 0) is 88.2 Å². The zero-order chi connectivity index (χ0) is 42.7. The molecule has 9 rings (SSSR count). The molecule has 1 unspecified atom stereocenters. The summed E-state index contributed by atoms with van der Waals surface area (Å²) in [6.45, 7) is 5.89. The standard InChI is InChI=1S/C53H55NO8/c1-5-6-23-53(61-32-31-60-30-27-55)46-33-37(36-10-8-7-9-11-36)12-21-42(46)49-44-34-47(54-25-28-59-29-26-54)48(58-4)35-45(44)51-43(50(49)53)22-24-52(62-51,38-13-17-40(56-2)18-14-38)39-15-19-41(57-3)20-16-39/h7-22,24,33-35,55H,5-6,23,25-32H2,1-4H3. The maximum atomic E-state index is 9.57. The molecule has 2 heterocycles. The van der Waals surface area contributed by atoms with E-state index in [1.165, 1.54) is 0 Å². The van der Waals surface area contributed by atoms with Gasteiger partial charge in [0.25, 0.3) is 0 Å². The summed E-state index contributed by atoms with van der Waals surface area (Å²) in [7, 11) is 5.10. The fourth-order valence-electron chi connectivity index (χ4n) is 9.61. The van der Waals surface area contributed by atoms with Crippen molar-refractivity contribution in [3.63, 3.8) is 0 Å². The molecule has 9 nitrogen and oxygen atoms in total. The molecule has 1 N–H and O–H groups in total. The number of unbranched alkanes of at least 4 members (excludes halogenated alkanes) is 1. The second kappa shape index (κ2) is 17.9. The molecule has 0 saturated carbocycles. The summed E-state index contributed by atoms with van der Waals surface area (Å²) in [5, 5.41) is 11.6. The average Bonchev–Trinajstić information content (AvgIpc) is 3.62. The third-order valence-corrected chi connectivity index (χ3v) is 12.7. The van der Waals surface area contributed by atoms with Crippen molar-refractivity contribution in [1.82, 2.24) is 0 Å². The summed E-state index contributed by atoms with van der Waals surface area (Å²) >= 11 is 0. The van der Waals surface area contributed by atoms with Gasteiger partial charge in [-0.25, -0.2) is 0 Å². The lowest BCUT2D eigenvalue weighted by atomic mass is 9.78. The van der Waals surface area contributed by atoms with Gasteiger partial charge in [-0.2, -0.15) is 0 Å². The number of anilines is 1. The molecule has 0 bridgehead atoms. The van der Waals surface area contributed by atoms with Gasteiger partial charge in [0.15, 0.2) is 5.60 Å². The van der Waals surface area contributed by atoms with Crippen molar-refractivity contribution >= 4 is 22.5 Å². The maximum Gasteiger partial charge on any atom is 0.178 e. The van der Waals surface area contributed by atoms with E-state index < -0.39 is 11.2 Å². The number of aliphatic hydroxyl groups is 1. The zero-order valence-electron chi connectivity index (χ0n) is 36.1. The van der Waals surface area contributed by atoms with E-state index in [4.69, 9.17) is 33.2 Å². The van der Waals surface area contributed by atoms with Crippen molar-refractivity contribution in [2.45, 2.75) is 37.4 Å². The number of ether oxygens (including phenoxy) is 7. The molecule has 1 saturated heterocycles. The number of methoxy groups -OCH3 is 3. The Morgan fingerprint density at radius 2 is 1.44 bits per heavy atom. The number of benzene rings is 6. The summed E-state index contributed by atoms with van der Waals surface area (Å²) in [6, 6.07) is 38.1. The van der Waals surface area contributed by atoms with Crippen LogP contribution in [-0.4, -0.2) is 79.2 Å². The van der Waals surface area contributed by atoms with E-state index in [1.807, 2.05) is 24.3 Å². The Hall–Kier alpha value is -5.84. The monoisotopic (exact) mass is 833 g/mol. The van der Waals surface area contributed by atoms with Crippen LogP contribution < -0.4 is 23.8 Å². The highest BCUT2D eigenvalue weighted by atomic mass is 16.5. The van der Waals surface area contributed by atoms with E-state index in [0.29, 0.717) is 26.4 Å². The molecule has 6 aromatic carbocycles. The van der Waals surface area contributed by atoms with Crippen molar-refractivity contribution in [1.29, 1.82) is 0 Å². The number of rotatable bonds is 16. The minimum atomic E-state index is -1.03. The highest BCUT2D eigenvalue weighted by molar-refractivity contribution is 6.10. The highest BCUT2D eigenvalue weighted by Crippen LogP contribution is 2.61. The number of nitrogens with zero attached hydrogens (tertiary/aromatic N) is 1. The molecular weight excluding hydrogens is 779 g/mol. The molecule has 0 spiro atoms. The van der Waals surface area contributed by atoms with Gasteiger partial charge in [0.05, 0.1) is 66.7 Å². The van der Waals surface area contributed by atoms with Crippen LogP contribution in [-0.2, 0) is 25.4 Å². The first-order chi connectivity index (χ1) is 30.5. The Bertz CT molecular complexity index is 2500. The first-order valence-electron chi connectivity index (χ1n) is 21.7. The Morgan fingerprint density at radius 1 is 0.726 bits per heavy atom. The normalized spacial score (nSPS) is 17.3. The molecule has 0 amide bonds.